The van der Waals surface area contributed by atoms with Crippen molar-refractivity contribution >= 4 is 18.4 Å². The molecule has 0 saturated carbocycles. The number of benzene rings is 1. The zero-order chi connectivity index (χ0) is 12.3. The maximum atomic E-state index is 12.2. The lowest BCUT2D eigenvalue weighted by Gasteiger charge is -2.11. The third-order valence-electron chi connectivity index (χ3n) is 2.05. The number of nitrogens with two attached hydrogens (primary N) is 1. The first-order chi connectivity index (χ1) is 7.36. The molecule has 0 radical (unpaired) electrons. The molecular weight excluding hydrogens is 259 g/mol. The van der Waals surface area contributed by atoms with E-state index in [2.05, 4.69) is 4.74 Å². The van der Waals surface area contributed by atoms with Crippen LogP contribution in [0.2, 0.25) is 0 Å². The third-order valence-corrected chi connectivity index (χ3v) is 2.05. The molecule has 0 heterocycles. The highest BCUT2D eigenvalue weighted by molar-refractivity contribution is 5.85. The first kappa shape index (κ1) is 15.7. The van der Waals surface area contributed by atoms with Crippen molar-refractivity contribution in [3.63, 3.8) is 0 Å². The summed E-state index contributed by atoms with van der Waals surface area (Å²) in [5, 5.41) is 0. The summed E-state index contributed by atoms with van der Waals surface area (Å²) in [6, 6.07) is 3.00. The van der Waals surface area contributed by atoms with E-state index >= 15 is 0 Å². The number of halogens is 4. The van der Waals surface area contributed by atoms with Crippen LogP contribution in [-0.4, -0.2) is 13.1 Å². The largest absolute Gasteiger partial charge is 0.468 e. The van der Waals surface area contributed by atoms with Gasteiger partial charge in [0.1, 0.15) is 6.04 Å². The molecule has 0 aliphatic carbocycles. The van der Waals surface area contributed by atoms with Crippen molar-refractivity contribution in [2.75, 3.05) is 7.11 Å². The average molecular weight is 270 g/mol. The lowest BCUT2D eigenvalue weighted by Crippen LogP contribution is -2.22. The van der Waals surface area contributed by atoms with Crippen LogP contribution in [0.5, 0.6) is 0 Å². The van der Waals surface area contributed by atoms with Crippen LogP contribution in [-0.2, 0) is 15.7 Å². The van der Waals surface area contributed by atoms with Gasteiger partial charge >= 0.3 is 12.1 Å². The fraction of sp³-hybridized carbons (Fsp3) is 0.300. The third kappa shape index (κ3) is 3.90. The highest BCUT2D eigenvalue weighted by Crippen LogP contribution is 2.29. The Morgan fingerprint density at radius 2 is 1.76 bits per heavy atom. The Labute approximate surface area is 102 Å². The molecule has 0 aliphatic rings. The molecule has 0 fully saturated rings. The van der Waals surface area contributed by atoms with E-state index < -0.39 is 23.8 Å². The van der Waals surface area contributed by atoms with Crippen LogP contribution in [0.25, 0.3) is 0 Å². The molecule has 1 aromatic carbocycles. The molecular formula is C10H11ClF3NO2. The molecule has 1 atom stereocenters. The van der Waals surface area contributed by atoms with Crippen molar-refractivity contribution in [2.24, 2.45) is 5.73 Å². The van der Waals surface area contributed by atoms with Crippen LogP contribution in [0.1, 0.15) is 17.2 Å². The highest BCUT2D eigenvalue weighted by Gasteiger charge is 2.30. The van der Waals surface area contributed by atoms with Gasteiger partial charge in [0.2, 0.25) is 0 Å². The molecule has 0 spiro atoms. The summed E-state index contributed by atoms with van der Waals surface area (Å²) >= 11 is 0. The van der Waals surface area contributed by atoms with E-state index in [1.54, 1.807) is 0 Å². The number of hydrogen-bond donors (Lipinski definition) is 1. The van der Waals surface area contributed by atoms with Crippen LogP contribution in [0.15, 0.2) is 24.3 Å². The molecule has 0 aromatic heterocycles. The number of alkyl halides is 3. The summed E-state index contributed by atoms with van der Waals surface area (Å²) in [6.45, 7) is 0. The van der Waals surface area contributed by atoms with Crippen molar-refractivity contribution < 1.29 is 22.7 Å². The number of carbonyl (C=O) groups is 1. The van der Waals surface area contributed by atoms with Crippen molar-refractivity contribution in [2.45, 2.75) is 12.2 Å². The minimum atomic E-state index is -4.39. The first-order valence-electron chi connectivity index (χ1n) is 4.37. The molecule has 0 amide bonds. The Bertz CT molecular complexity index is 378. The topological polar surface area (TPSA) is 52.3 Å². The predicted molar refractivity (Wildman–Crippen MR) is 57.6 cm³/mol. The molecule has 17 heavy (non-hydrogen) atoms. The standard InChI is InChI=1S/C10H10F3NO2.ClH/c1-16-9(15)8(14)6-2-4-7(5-3-6)10(11,12)13;/h2-5,8H,14H2,1H3;1H/t8-;/m0./s1. The fourth-order valence-electron chi connectivity index (χ4n) is 1.14. The van der Waals surface area contributed by atoms with Gasteiger partial charge in [-0.1, -0.05) is 12.1 Å². The van der Waals surface area contributed by atoms with Crippen molar-refractivity contribution in [1.29, 1.82) is 0 Å². The fourth-order valence-corrected chi connectivity index (χ4v) is 1.14. The Hall–Kier alpha value is -1.27. The predicted octanol–water partition coefficient (Wildman–Crippen LogP) is 2.30. The van der Waals surface area contributed by atoms with E-state index in [4.69, 9.17) is 5.73 Å². The van der Waals surface area contributed by atoms with E-state index in [9.17, 15) is 18.0 Å². The highest BCUT2D eigenvalue weighted by atomic mass is 35.5. The number of rotatable bonds is 2. The molecule has 0 bridgehead atoms. The van der Waals surface area contributed by atoms with Crippen molar-refractivity contribution in [3.05, 3.63) is 35.4 Å². The number of ether oxygens (including phenoxy) is 1. The summed E-state index contributed by atoms with van der Waals surface area (Å²) in [6.07, 6.45) is -4.39. The summed E-state index contributed by atoms with van der Waals surface area (Å²) in [7, 11) is 1.16. The molecule has 96 valence electrons. The van der Waals surface area contributed by atoms with Crippen LogP contribution >= 0.6 is 12.4 Å². The summed E-state index contributed by atoms with van der Waals surface area (Å²) in [5.41, 5.74) is 4.95. The van der Waals surface area contributed by atoms with Gasteiger partial charge < -0.3 is 10.5 Å². The van der Waals surface area contributed by atoms with Crippen molar-refractivity contribution in [3.8, 4) is 0 Å². The average Bonchev–Trinajstić information content (AvgIpc) is 2.26. The number of hydrogen-bond acceptors (Lipinski definition) is 3. The Morgan fingerprint density at radius 1 is 1.29 bits per heavy atom. The monoisotopic (exact) mass is 269 g/mol. The number of carbonyl (C=O) groups excluding carboxylic acids is 1. The minimum Gasteiger partial charge on any atom is -0.468 e. The molecule has 0 saturated heterocycles. The molecule has 0 aliphatic heterocycles. The molecule has 2 N–H and O–H groups in total. The molecule has 7 heteroatoms. The second-order valence-electron chi connectivity index (χ2n) is 3.12. The van der Waals surface area contributed by atoms with Gasteiger partial charge in [0.15, 0.2) is 0 Å². The maximum absolute atomic E-state index is 12.2. The molecule has 1 aromatic rings. The zero-order valence-corrected chi connectivity index (χ0v) is 9.64. The molecule has 3 nitrogen and oxygen atoms in total. The smallest absolute Gasteiger partial charge is 0.416 e. The van der Waals surface area contributed by atoms with Crippen LogP contribution in [0.4, 0.5) is 13.2 Å². The van der Waals surface area contributed by atoms with Gasteiger partial charge in [-0.25, -0.2) is 0 Å². The van der Waals surface area contributed by atoms with Gasteiger partial charge in [-0.2, -0.15) is 13.2 Å². The van der Waals surface area contributed by atoms with E-state index in [-0.39, 0.29) is 18.0 Å². The van der Waals surface area contributed by atoms with E-state index in [1.807, 2.05) is 0 Å². The molecule has 0 unspecified atom stereocenters. The Morgan fingerprint density at radius 3 is 2.12 bits per heavy atom. The van der Waals surface area contributed by atoms with E-state index in [0.29, 0.717) is 0 Å². The Kier molecular flexibility index (Phi) is 5.44. The van der Waals surface area contributed by atoms with E-state index in [1.165, 1.54) is 0 Å². The van der Waals surface area contributed by atoms with Crippen LogP contribution < -0.4 is 5.73 Å². The first-order valence-corrected chi connectivity index (χ1v) is 4.37. The normalized spacial score (nSPS) is 12.5. The van der Waals surface area contributed by atoms with Crippen LogP contribution in [0, 0.1) is 0 Å². The quantitative estimate of drug-likeness (QED) is 0.838. The van der Waals surface area contributed by atoms with Crippen molar-refractivity contribution in [1.82, 2.24) is 0 Å². The maximum Gasteiger partial charge on any atom is 0.416 e. The summed E-state index contributed by atoms with van der Waals surface area (Å²) in [5.74, 6) is -0.695. The van der Waals surface area contributed by atoms with Gasteiger partial charge in [-0.3, -0.25) is 4.79 Å². The molecule has 1 rings (SSSR count). The van der Waals surface area contributed by atoms with Gasteiger partial charge in [0.25, 0.3) is 0 Å². The van der Waals surface area contributed by atoms with Gasteiger partial charge in [0, 0.05) is 0 Å². The van der Waals surface area contributed by atoms with Gasteiger partial charge in [-0.05, 0) is 17.7 Å². The summed E-state index contributed by atoms with van der Waals surface area (Å²) in [4.78, 5) is 11.0. The lowest BCUT2D eigenvalue weighted by molar-refractivity contribution is -0.142. The second kappa shape index (κ2) is 5.88. The number of esters is 1. The number of methoxy groups -OCH3 is 1. The van der Waals surface area contributed by atoms with Gasteiger partial charge in [-0.15, -0.1) is 12.4 Å². The van der Waals surface area contributed by atoms with Gasteiger partial charge in [0.05, 0.1) is 12.7 Å². The second-order valence-corrected chi connectivity index (χ2v) is 3.12. The van der Waals surface area contributed by atoms with Crippen LogP contribution in [0.3, 0.4) is 0 Å². The van der Waals surface area contributed by atoms with E-state index in [0.717, 1.165) is 31.4 Å². The minimum absolute atomic E-state index is 0. The summed E-state index contributed by atoms with van der Waals surface area (Å²) < 4.78 is 41.0. The Balaban J connectivity index is 0.00000256. The SMILES string of the molecule is COC(=O)[C@@H](N)c1ccc(C(F)(F)F)cc1.Cl. The lowest BCUT2D eigenvalue weighted by atomic mass is 10.1. The zero-order valence-electron chi connectivity index (χ0n) is 8.82.